The summed E-state index contributed by atoms with van der Waals surface area (Å²) < 4.78 is 29.5. The molecule has 2 heterocycles. The van der Waals surface area contributed by atoms with E-state index in [1.807, 2.05) is 34.9 Å². The topological polar surface area (TPSA) is 34.0 Å². The van der Waals surface area contributed by atoms with Gasteiger partial charge in [0.25, 0.3) is 0 Å². The number of thioether (sulfide) groups is 1. The normalized spacial score (nSPS) is 15.1. The molecule has 1 fully saturated rings. The number of nitrogens with zero attached hydrogens (tertiary/aromatic N) is 4. The molecule has 7 heteroatoms. The Balaban J connectivity index is 1.60. The molecule has 4 nitrogen and oxygen atoms in total. The van der Waals surface area contributed by atoms with Gasteiger partial charge in [0.2, 0.25) is 0 Å². The molecule has 0 atom stereocenters. The quantitative estimate of drug-likeness (QED) is 0.556. The average molecular weight is 400 g/mol. The Morgan fingerprint density at radius 3 is 2.46 bits per heavy atom. The highest BCUT2D eigenvalue weighted by atomic mass is 32.2. The third kappa shape index (κ3) is 4.25. The minimum atomic E-state index is -0.826. The van der Waals surface area contributed by atoms with Crippen LogP contribution >= 0.6 is 11.8 Å². The maximum atomic E-state index is 14.0. The molecular weight excluding hydrogens is 378 g/mol. The van der Waals surface area contributed by atoms with Crippen LogP contribution in [0.5, 0.6) is 0 Å². The van der Waals surface area contributed by atoms with E-state index < -0.39 is 11.6 Å². The number of rotatable bonds is 6. The molecular formula is C21H22F2N4S. The van der Waals surface area contributed by atoms with Crippen molar-refractivity contribution in [3.63, 3.8) is 0 Å². The van der Waals surface area contributed by atoms with Crippen molar-refractivity contribution >= 4 is 11.8 Å². The minimum absolute atomic E-state index is 0.290. The lowest BCUT2D eigenvalue weighted by Gasteiger charge is -2.26. The van der Waals surface area contributed by atoms with E-state index >= 15 is 0 Å². The van der Waals surface area contributed by atoms with Gasteiger partial charge in [-0.15, -0.1) is 10.2 Å². The Hall–Kier alpha value is -2.25. The molecule has 0 unspecified atom stereocenters. The predicted octanol–water partition coefficient (Wildman–Crippen LogP) is 4.82. The second kappa shape index (κ2) is 8.84. The van der Waals surface area contributed by atoms with E-state index in [1.54, 1.807) is 6.07 Å². The molecule has 1 aliphatic rings. The summed E-state index contributed by atoms with van der Waals surface area (Å²) in [5, 5.41) is 9.46. The van der Waals surface area contributed by atoms with Gasteiger partial charge in [0.1, 0.15) is 0 Å². The minimum Gasteiger partial charge on any atom is -0.296 e. The van der Waals surface area contributed by atoms with Gasteiger partial charge in [-0.2, -0.15) is 0 Å². The summed E-state index contributed by atoms with van der Waals surface area (Å²) in [4.78, 5) is 2.40. The third-order valence-corrected chi connectivity index (χ3v) is 5.89. The van der Waals surface area contributed by atoms with Crippen LogP contribution in [0.3, 0.4) is 0 Å². The van der Waals surface area contributed by atoms with Crippen molar-refractivity contribution in [2.24, 2.45) is 0 Å². The van der Waals surface area contributed by atoms with Crippen LogP contribution in [0.4, 0.5) is 8.78 Å². The molecule has 0 N–H and O–H groups in total. The zero-order chi connectivity index (χ0) is 19.3. The molecule has 0 spiro atoms. The van der Waals surface area contributed by atoms with Crippen molar-refractivity contribution < 1.29 is 8.78 Å². The first-order valence-corrected chi connectivity index (χ1v) is 10.5. The van der Waals surface area contributed by atoms with Gasteiger partial charge in [0.05, 0.1) is 6.54 Å². The molecule has 0 saturated carbocycles. The average Bonchev–Trinajstić information content (AvgIpc) is 3.13. The summed E-state index contributed by atoms with van der Waals surface area (Å²) in [5.74, 6) is -0.462. The fourth-order valence-electron chi connectivity index (χ4n) is 3.45. The summed E-state index contributed by atoms with van der Waals surface area (Å²) in [6, 6.07) is 14.2. The fraction of sp³-hybridized carbons (Fsp3) is 0.333. The molecule has 1 aromatic heterocycles. The zero-order valence-electron chi connectivity index (χ0n) is 15.5. The van der Waals surface area contributed by atoms with E-state index in [-0.39, 0.29) is 5.75 Å². The summed E-state index contributed by atoms with van der Waals surface area (Å²) in [7, 11) is 0. The van der Waals surface area contributed by atoms with E-state index in [2.05, 4.69) is 15.1 Å². The second-order valence-corrected chi connectivity index (χ2v) is 7.85. The van der Waals surface area contributed by atoms with Crippen LogP contribution in [0.2, 0.25) is 0 Å². The van der Waals surface area contributed by atoms with Crippen molar-refractivity contribution in [2.45, 2.75) is 36.7 Å². The molecule has 1 aliphatic heterocycles. The van der Waals surface area contributed by atoms with E-state index in [0.29, 0.717) is 10.7 Å². The first-order chi connectivity index (χ1) is 13.7. The smallest absolute Gasteiger partial charge is 0.196 e. The number of aromatic nitrogens is 3. The van der Waals surface area contributed by atoms with Gasteiger partial charge in [0, 0.05) is 17.0 Å². The SMILES string of the molecule is Fc1cccc(CSc2nnc(CN3CCCCC3)n2-c2ccccc2)c1F. The number of halogens is 2. The number of piperidine rings is 1. The summed E-state index contributed by atoms with van der Waals surface area (Å²) in [5.41, 5.74) is 1.30. The molecule has 4 rings (SSSR count). The van der Waals surface area contributed by atoms with Gasteiger partial charge in [-0.3, -0.25) is 9.47 Å². The number of hydrogen-bond acceptors (Lipinski definition) is 4. The highest BCUT2D eigenvalue weighted by Crippen LogP contribution is 2.27. The van der Waals surface area contributed by atoms with E-state index in [9.17, 15) is 8.78 Å². The van der Waals surface area contributed by atoms with Crippen LogP contribution < -0.4 is 0 Å². The van der Waals surface area contributed by atoms with Crippen LogP contribution in [-0.4, -0.2) is 32.8 Å². The van der Waals surface area contributed by atoms with E-state index in [0.717, 1.165) is 37.2 Å². The lowest BCUT2D eigenvalue weighted by Crippen LogP contribution is -2.30. The molecule has 3 aromatic rings. The number of hydrogen-bond donors (Lipinski definition) is 0. The third-order valence-electron chi connectivity index (χ3n) is 4.92. The lowest BCUT2D eigenvalue weighted by molar-refractivity contribution is 0.214. The van der Waals surface area contributed by atoms with Crippen LogP contribution in [-0.2, 0) is 12.3 Å². The largest absolute Gasteiger partial charge is 0.296 e. The maximum absolute atomic E-state index is 14.0. The summed E-state index contributed by atoms with van der Waals surface area (Å²) in [6.45, 7) is 2.87. The summed E-state index contributed by atoms with van der Waals surface area (Å²) >= 11 is 1.36. The molecule has 0 aliphatic carbocycles. The Bertz CT molecular complexity index is 923. The summed E-state index contributed by atoms with van der Waals surface area (Å²) in [6.07, 6.45) is 3.70. The lowest BCUT2D eigenvalue weighted by atomic mass is 10.1. The van der Waals surface area contributed by atoms with Gasteiger partial charge < -0.3 is 0 Å². The number of para-hydroxylation sites is 1. The number of likely N-dealkylation sites (tertiary alicyclic amines) is 1. The van der Waals surface area contributed by atoms with Crippen molar-refractivity contribution in [1.29, 1.82) is 0 Å². The fourth-order valence-corrected chi connectivity index (χ4v) is 4.40. The van der Waals surface area contributed by atoms with Crippen molar-refractivity contribution in [2.75, 3.05) is 13.1 Å². The van der Waals surface area contributed by atoms with E-state index in [4.69, 9.17) is 0 Å². The molecule has 0 amide bonds. The van der Waals surface area contributed by atoms with Crippen LogP contribution in [0.25, 0.3) is 5.69 Å². The Morgan fingerprint density at radius 1 is 0.893 bits per heavy atom. The van der Waals surface area contributed by atoms with Crippen molar-refractivity contribution in [3.05, 3.63) is 71.6 Å². The van der Waals surface area contributed by atoms with Crippen molar-refractivity contribution in [3.8, 4) is 5.69 Å². The van der Waals surface area contributed by atoms with Crippen LogP contribution in [0, 0.1) is 11.6 Å². The molecule has 28 heavy (non-hydrogen) atoms. The van der Waals surface area contributed by atoms with Gasteiger partial charge >= 0.3 is 0 Å². The molecule has 0 radical (unpaired) electrons. The Morgan fingerprint density at radius 2 is 1.68 bits per heavy atom. The standard InChI is InChI=1S/C21H22F2N4S/c22-18-11-7-8-16(20(18)23)15-28-21-25-24-19(14-26-12-5-2-6-13-26)27(21)17-9-3-1-4-10-17/h1,3-4,7-11H,2,5-6,12-15H2. The zero-order valence-corrected chi connectivity index (χ0v) is 16.3. The Kier molecular flexibility index (Phi) is 6.02. The Labute approximate surface area is 167 Å². The first kappa shape index (κ1) is 19.1. The van der Waals surface area contributed by atoms with Crippen LogP contribution in [0.15, 0.2) is 53.7 Å². The highest BCUT2D eigenvalue weighted by Gasteiger charge is 2.19. The highest BCUT2D eigenvalue weighted by molar-refractivity contribution is 7.98. The molecule has 1 saturated heterocycles. The van der Waals surface area contributed by atoms with Crippen molar-refractivity contribution in [1.82, 2.24) is 19.7 Å². The monoisotopic (exact) mass is 400 g/mol. The molecule has 2 aromatic carbocycles. The molecule has 146 valence electrons. The van der Waals surface area contributed by atoms with E-state index in [1.165, 1.54) is 37.1 Å². The van der Waals surface area contributed by atoms with Crippen LogP contribution in [0.1, 0.15) is 30.7 Å². The van der Waals surface area contributed by atoms with Gasteiger partial charge in [-0.1, -0.05) is 48.5 Å². The maximum Gasteiger partial charge on any atom is 0.196 e. The second-order valence-electron chi connectivity index (χ2n) is 6.91. The predicted molar refractivity (Wildman–Crippen MR) is 106 cm³/mol. The first-order valence-electron chi connectivity index (χ1n) is 9.50. The van der Waals surface area contributed by atoms with Gasteiger partial charge in [-0.05, 0) is 44.1 Å². The number of benzene rings is 2. The van der Waals surface area contributed by atoms with Gasteiger partial charge in [-0.25, -0.2) is 8.78 Å². The van der Waals surface area contributed by atoms with Gasteiger partial charge in [0.15, 0.2) is 22.6 Å². The molecule has 0 bridgehead atoms.